The van der Waals surface area contributed by atoms with Crippen molar-refractivity contribution in [2.24, 2.45) is 0 Å². The van der Waals surface area contributed by atoms with Crippen molar-refractivity contribution < 1.29 is 22.7 Å². The van der Waals surface area contributed by atoms with Crippen molar-refractivity contribution in [2.75, 3.05) is 12.4 Å². The summed E-state index contributed by atoms with van der Waals surface area (Å²) >= 11 is 5.67. The predicted molar refractivity (Wildman–Crippen MR) is 76.4 cm³/mol. The summed E-state index contributed by atoms with van der Waals surface area (Å²) in [6.45, 7) is 1.77. The fraction of sp³-hybridized carbons (Fsp3) is 0.333. The lowest BCUT2D eigenvalue weighted by Crippen LogP contribution is -2.42. The molecule has 0 heterocycles. The highest BCUT2D eigenvalue weighted by Gasteiger charge is 2.16. The number of carbonyl (C=O) groups is 2. The molecule has 1 aromatic carbocycles. The van der Waals surface area contributed by atoms with Gasteiger partial charge in [-0.05, 0) is 31.2 Å². The summed E-state index contributed by atoms with van der Waals surface area (Å²) in [7, 11) is -3.58. The molecule has 0 bridgehead atoms. The number of amides is 2. The molecule has 1 aromatic rings. The Balaban J connectivity index is 2.48. The summed E-state index contributed by atoms with van der Waals surface area (Å²) in [5, 5.41) is 0.422. The van der Waals surface area contributed by atoms with Gasteiger partial charge in [-0.2, -0.15) is 0 Å². The summed E-state index contributed by atoms with van der Waals surface area (Å²) in [6.07, 6.45) is -1.11. The third-order valence-corrected chi connectivity index (χ3v) is 4.33. The molecular formula is C12H15ClN2O5S. The quantitative estimate of drug-likeness (QED) is 0.790. The van der Waals surface area contributed by atoms with E-state index in [2.05, 4.69) is 10.2 Å². The molecule has 0 aliphatic carbocycles. The highest BCUT2D eigenvalue weighted by molar-refractivity contribution is 7.91. The summed E-state index contributed by atoms with van der Waals surface area (Å²) in [4.78, 5) is 22.4. The van der Waals surface area contributed by atoms with Crippen LogP contribution >= 0.6 is 11.6 Å². The Morgan fingerprint density at radius 1 is 1.19 bits per heavy atom. The zero-order chi connectivity index (χ0) is 15.9. The van der Waals surface area contributed by atoms with Gasteiger partial charge in [0.2, 0.25) is 5.91 Å². The average Bonchev–Trinajstić information content (AvgIpc) is 2.44. The minimum absolute atomic E-state index is 0.0815. The standard InChI is InChI=1S/C12H15ClN2O5S/c1-2-20-12(17)15-14-11(16)7-8-21(18,19)10-5-3-9(13)4-6-10/h3-6H,2,7-8H2,1H3,(H,14,16)(H,15,17). The van der Waals surface area contributed by atoms with Crippen LogP contribution in [-0.4, -0.2) is 32.8 Å². The summed E-state index contributed by atoms with van der Waals surface area (Å²) in [5.74, 6) is -1.02. The summed E-state index contributed by atoms with van der Waals surface area (Å²) in [5.41, 5.74) is 4.05. The number of sulfone groups is 1. The Morgan fingerprint density at radius 3 is 2.38 bits per heavy atom. The van der Waals surface area contributed by atoms with Crippen LogP contribution in [0.25, 0.3) is 0 Å². The van der Waals surface area contributed by atoms with Gasteiger partial charge in [0, 0.05) is 11.4 Å². The van der Waals surface area contributed by atoms with Gasteiger partial charge >= 0.3 is 6.09 Å². The van der Waals surface area contributed by atoms with Crippen LogP contribution < -0.4 is 10.9 Å². The van der Waals surface area contributed by atoms with Crippen LogP contribution in [-0.2, 0) is 19.4 Å². The Bertz CT molecular complexity index is 601. The number of rotatable bonds is 5. The van der Waals surface area contributed by atoms with Gasteiger partial charge in [0.1, 0.15) is 0 Å². The lowest BCUT2D eigenvalue weighted by molar-refractivity contribution is -0.121. The smallest absolute Gasteiger partial charge is 0.426 e. The molecule has 2 N–H and O–H groups in total. The van der Waals surface area contributed by atoms with E-state index in [1.165, 1.54) is 24.3 Å². The number of carbonyl (C=O) groups excluding carboxylic acids is 2. The molecule has 7 nitrogen and oxygen atoms in total. The van der Waals surface area contributed by atoms with Gasteiger partial charge in [0.15, 0.2) is 9.84 Å². The highest BCUT2D eigenvalue weighted by Crippen LogP contribution is 2.15. The molecule has 0 spiro atoms. The van der Waals surface area contributed by atoms with Crippen molar-refractivity contribution >= 4 is 33.4 Å². The first kappa shape index (κ1) is 17.3. The van der Waals surface area contributed by atoms with Crippen LogP contribution in [0.15, 0.2) is 29.2 Å². The van der Waals surface area contributed by atoms with Crippen LogP contribution in [0, 0.1) is 0 Å². The van der Waals surface area contributed by atoms with Crippen LogP contribution in [0.1, 0.15) is 13.3 Å². The van der Waals surface area contributed by atoms with E-state index in [-0.39, 0.29) is 23.7 Å². The van der Waals surface area contributed by atoms with Crippen LogP contribution in [0.5, 0.6) is 0 Å². The fourth-order valence-electron chi connectivity index (χ4n) is 1.34. The Morgan fingerprint density at radius 2 is 1.81 bits per heavy atom. The van der Waals surface area contributed by atoms with E-state index in [0.29, 0.717) is 5.02 Å². The van der Waals surface area contributed by atoms with Gasteiger partial charge in [-0.3, -0.25) is 10.2 Å². The van der Waals surface area contributed by atoms with Crippen LogP contribution in [0.2, 0.25) is 5.02 Å². The SMILES string of the molecule is CCOC(=O)NNC(=O)CCS(=O)(=O)c1ccc(Cl)cc1. The van der Waals surface area contributed by atoms with Gasteiger partial charge in [0.25, 0.3) is 0 Å². The third kappa shape index (κ3) is 6.01. The van der Waals surface area contributed by atoms with Crippen molar-refractivity contribution in [3.05, 3.63) is 29.3 Å². The summed E-state index contributed by atoms with van der Waals surface area (Å²) in [6, 6.07) is 5.65. The normalized spacial score (nSPS) is 10.8. The number of hydrogen-bond acceptors (Lipinski definition) is 5. The van der Waals surface area contributed by atoms with Crippen molar-refractivity contribution in [1.82, 2.24) is 10.9 Å². The topological polar surface area (TPSA) is 102 Å². The minimum Gasteiger partial charge on any atom is -0.449 e. The predicted octanol–water partition coefficient (Wildman–Crippen LogP) is 1.28. The van der Waals surface area contributed by atoms with Gasteiger partial charge in [-0.15, -0.1) is 0 Å². The van der Waals surface area contributed by atoms with Crippen molar-refractivity contribution in [2.45, 2.75) is 18.2 Å². The molecular weight excluding hydrogens is 320 g/mol. The molecule has 1 rings (SSSR count). The van der Waals surface area contributed by atoms with E-state index in [9.17, 15) is 18.0 Å². The number of hydrazine groups is 1. The van der Waals surface area contributed by atoms with Gasteiger partial charge in [-0.25, -0.2) is 18.6 Å². The maximum atomic E-state index is 12.0. The maximum absolute atomic E-state index is 12.0. The number of nitrogens with one attached hydrogen (secondary N) is 2. The van der Waals surface area contributed by atoms with Gasteiger partial charge in [-0.1, -0.05) is 11.6 Å². The maximum Gasteiger partial charge on any atom is 0.426 e. The Hall–Kier alpha value is -1.80. The molecule has 0 fully saturated rings. The second-order valence-corrected chi connectivity index (χ2v) is 6.46. The van der Waals surface area contributed by atoms with E-state index in [1.807, 2.05) is 5.43 Å². The summed E-state index contributed by atoms with van der Waals surface area (Å²) < 4.78 is 28.4. The first-order valence-corrected chi connectivity index (χ1v) is 8.08. The second-order valence-electron chi connectivity index (χ2n) is 3.92. The lowest BCUT2D eigenvalue weighted by atomic mass is 10.4. The lowest BCUT2D eigenvalue weighted by Gasteiger charge is -2.07. The first-order valence-electron chi connectivity index (χ1n) is 6.05. The number of halogens is 1. The zero-order valence-corrected chi connectivity index (χ0v) is 12.8. The molecule has 116 valence electrons. The van der Waals surface area contributed by atoms with Crippen LogP contribution in [0.3, 0.4) is 0 Å². The van der Waals surface area contributed by atoms with Crippen molar-refractivity contribution in [1.29, 1.82) is 0 Å². The van der Waals surface area contributed by atoms with E-state index in [1.54, 1.807) is 6.92 Å². The fourth-order valence-corrected chi connectivity index (χ4v) is 2.70. The number of ether oxygens (including phenoxy) is 1. The average molecular weight is 335 g/mol. The minimum atomic E-state index is -3.58. The molecule has 0 atom stereocenters. The molecule has 0 aromatic heterocycles. The van der Waals surface area contributed by atoms with E-state index < -0.39 is 21.8 Å². The molecule has 9 heteroatoms. The Kier molecular flexibility index (Phi) is 6.44. The number of hydrogen-bond donors (Lipinski definition) is 2. The molecule has 0 unspecified atom stereocenters. The van der Waals surface area contributed by atoms with E-state index >= 15 is 0 Å². The highest BCUT2D eigenvalue weighted by atomic mass is 35.5. The van der Waals surface area contributed by atoms with Crippen molar-refractivity contribution in [3.63, 3.8) is 0 Å². The third-order valence-electron chi connectivity index (χ3n) is 2.35. The van der Waals surface area contributed by atoms with Crippen LogP contribution in [0.4, 0.5) is 4.79 Å². The molecule has 0 saturated carbocycles. The van der Waals surface area contributed by atoms with E-state index in [4.69, 9.17) is 11.6 Å². The molecule has 0 aliphatic heterocycles. The molecule has 0 radical (unpaired) electrons. The van der Waals surface area contributed by atoms with Gasteiger partial charge < -0.3 is 4.74 Å². The molecule has 21 heavy (non-hydrogen) atoms. The zero-order valence-electron chi connectivity index (χ0n) is 11.3. The van der Waals surface area contributed by atoms with E-state index in [0.717, 1.165) is 0 Å². The Labute approximate surface area is 127 Å². The second kappa shape index (κ2) is 7.84. The molecule has 0 aliphatic rings. The van der Waals surface area contributed by atoms with Gasteiger partial charge in [0.05, 0.1) is 17.3 Å². The molecule has 2 amide bonds. The largest absolute Gasteiger partial charge is 0.449 e. The molecule has 0 saturated heterocycles. The first-order chi connectivity index (χ1) is 9.85. The van der Waals surface area contributed by atoms with Crippen molar-refractivity contribution in [3.8, 4) is 0 Å². The number of benzene rings is 1. The monoisotopic (exact) mass is 334 g/mol.